The quantitative estimate of drug-likeness (QED) is 0.691. The van der Waals surface area contributed by atoms with Gasteiger partial charge in [-0.2, -0.15) is 5.10 Å². The number of nitrogens with one attached hydrogen (secondary N) is 1. The SMILES string of the molecule is O=C(O)C1CCCN1c1cc(N2CCOCC2)nc2c(-c3ccn[nH]3)nccc12. The van der Waals surface area contributed by atoms with E-state index in [2.05, 4.69) is 20.1 Å². The first-order valence-corrected chi connectivity index (χ1v) is 9.84. The largest absolute Gasteiger partial charge is 0.480 e. The van der Waals surface area contributed by atoms with Crippen LogP contribution in [0.3, 0.4) is 0 Å². The van der Waals surface area contributed by atoms with Crippen molar-refractivity contribution in [3.63, 3.8) is 0 Å². The molecule has 9 nitrogen and oxygen atoms in total. The van der Waals surface area contributed by atoms with Crippen LogP contribution in [0, 0.1) is 0 Å². The third-order valence-electron chi connectivity index (χ3n) is 5.63. The number of aliphatic carboxylic acids is 1. The van der Waals surface area contributed by atoms with Crippen LogP contribution in [0.15, 0.2) is 30.6 Å². The fraction of sp³-hybridized carbons (Fsp3) is 0.400. The lowest BCUT2D eigenvalue weighted by Crippen LogP contribution is -2.38. The Labute approximate surface area is 167 Å². The predicted octanol–water partition coefficient (Wildman–Crippen LogP) is 1.91. The van der Waals surface area contributed by atoms with E-state index < -0.39 is 12.0 Å². The molecule has 29 heavy (non-hydrogen) atoms. The number of aromatic amines is 1. The summed E-state index contributed by atoms with van der Waals surface area (Å²) in [5.74, 6) is 0.0313. The number of fused-ring (bicyclic) bond motifs is 1. The van der Waals surface area contributed by atoms with Crippen molar-refractivity contribution < 1.29 is 14.6 Å². The van der Waals surface area contributed by atoms with E-state index in [1.165, 1.54) is 0 Å². The number of H-pyrrole nitrogens is 1. The number of carboxylic acids is 1. The number of nitrogens with zero attached hydrogens (tertiary/aromatic N) is 5. The highest BCUT2D eigenvalue weighted by Crippen LogP contribution is 2.37. The van der Waals surface area contributed by atoms with Gasteiger partial charge in [0, 0.05) is 43.5 Å². The standard InChI is InChI=1S/C20H22N6O3/c27-20(28)15-2-1-7-26(15)16-12-17(25-8-10-29-11-9-25)23-18-13(16)3-5-21-19(18)14-4-6-22-24-14/h3-6,12,15H,1-2,7-11H2,(H,22,24)(H,27,28). The van der Waals surface area contributed by atoms with Gasteiger partial charge in [-0.15, -0.1) is 0 Å². The first-order chi connectivity index (χ1) is 14.2. The highest BCUT2D eigenvalue weighted by Gasteiger charge is 2.32. The third kappa shape index (κ3) is 3.17. The summed E-state index contributed by atoms with van der Waals surface area (Å²) in [5.41, 5.74) is 3.13. The van der Waals surface area contributed by atoms with Gasteiger partial charge in [0.05, 0.1) is 24.6 Å². The van der Waals surface area contributed by atoms with Crippen LogP contribution in [0.25, 0.3) is 22.3 Å². The van der Waals surface area contributed by atoms with Crippen LogP contribution in [-0.2, 0) is 9.53 Å². The molecule has 2 aliphatic heterocycles. The molecular weight excluding hydrogens is 372 g/mol. The van der Waals surface area contributed by atoms with Crippen molar-refractivity contribution in [3.8, 4) is 11.4 Å². The zero-order valence-corrected chi connectivity index (χ0v) is 15.9. The summed E-state index contributed by atoms with van der Waals surface area (Å²) in [7, 11) is 0. The number of ether oxygens (including phenoxy) is 1. The third-order valence-corrected chi connectivity index (χ3v) is 5.63. The van der Waals surface area contributed by atoms with E-state index in [4.69, 9.17) is 9.72 Å². The molecule has 1 unspecified atom stereocenters. The van der Waals surface area contributed by atoms with Gasteiger partial charge in [-0.1, -0.05) is 0 Å². The number of morpholine rings is 1. The van der Waals surface area contributed by atoms with E-state index >= 15 is 0 Å². The second kappa shape index (κ2) is 7.32. The molecule has 2 N–H and O–H groups in total. The van der Waals surface area contributed by atoms with Crippen LogP contribution < -0.4 is 9.80 Å². The fourth-order valence-corrected chi connectivity index (χ4v) is 4.21. The number of rotatable bonds is 4. The molecule has 5 rings (SSSR count). The second-order valence-corrected chi connectivity index (χ2v) is 7.31. The molecule has 0 spiro atoms. The number of carbonyl (C=O) groups is 1. The van der Waals surface area contributed by atoms with Crippen LogP contribution in [0.4, 0.5) is 11.5 Å². The molecule has 2 fully saturated rings. The van der Waals surface area contributed by atoms with E-state index in [1.54, 1.807) is 12.4 Å². The number of hydrogen-bond acceptors (Lipinski definition) is 7. The lowest BCUT2D eigenvalue weighted by Gasteiger charge is -2.31. The van der Waals surface area contributed by atoms with Crippen molar-refractivity contribution in [1.82, 2.24) is 20.2 Å². The highest BCUT2D eigenvalue weighted by atomic mass is 16.5. The number of anilines is 2. The molecule has 9 heteroatoms. The van der Waals surface area contributed by atoms with E-state index in [1.807, 2.05) is 23.1 Å². The summed E-state index contributed by atoms with van der Waals surface area (Å²) in [6.45, 7) is 3.51. The normalized spacial score (nSPS) is 19.8. The molecule has 0 bridgehead atoms. The Balaban J connectivity index is 1.72. The number of carboxylic acid groups (broad SMARTS) is 1. The lowest BCUT2D eigenvalue weighted by atomic mass is 10.1. The molecule has 2 saturated heterocycles. The number of pyridine rings is 2. The smallest absolute Gasteiger partial charge is 0.326 e. The van der Waals surface area contributed by atoms with Crippen LogP contribution in [0.2, 0.25) is 0 Å². The van der Waals surface area contributed by atoms with Crippen molar-refractivity contribution in [2.75, 3.05) is 42.6 Å². The Morgan fingerprint density at radius 2 is 2.07 bits per heavy atom. The minimum Gasteiger partial charge on any atom is -0.480 e. The van der Waals surface area contributed by atoms with Gasteiger partial charge in [0.25, 0.3) is 0 Å². The summed E-state index contributed by atoms with van der Waals surface area (Å²) in [4.78, 5) is 25.5. The van der Waals surface area contributed by atoms with Crippen LogP contribution >= 0.6 is 0 Å². The zero-order valence-electron chi connectivity index (χ0n) is 15.9. The molecule has 3 aromatic rings. The van der Waals surface area contributed by atoms with Crippen LogP contribution in [0.1, 0.15) is 12.8 Å². The Morgan fingerprint density at radius 3 is 2.83 bits per heavy atom. The number of aromatic nitrogens is 4. The van der Waals surface area contributed by atoms with Crippen molar-refractivity contribution in [2.45, 2.75) is 18.9 Å². The second-order valence-electron chi connectivity index (χ2n) is 7.31. The Morgan fingerprint density at radius 1 is 1.21 bits per heavy atom. The monoisotopic (exact) mass is 394 g/mol. The van der Waals surface area contributed by atoms with Crippen molar-refractivity contribution in [1.29, 1.82) is 0 Å². The summed E-state index contributed by atoms with van der Waals surface area (Å²) >= 11 is 0. The average molecular weight is 394 g/mol. The molecule has 0 saturated carbocycles. The summed E-state index contributed by atoms with van der Waals surface area (Å²) in [6, 6.07) is 5.27. The molecule has 0 amide bonds. The van der Waals surface area contributed by atoms with Gasteiger partial charge in [-0.3, -0.25) is 10.1 Å². The van der Waals surface area contributed by atoms with E-state index in [0.29, 0.717) is 31.9 Å². The Hall–Kier alpha value is -3.20. The van der Waals surface area contributed by atoms with Crippen molar-refractivity contribution in [3.05, 3.63) is 30.6 Å². The van der Waals surface area contributed by atoms with E-state index in [-0.39, 0.29) is 0 Å². The van der Waals surface area contributed by atoms with Crippen molar-refractivity contribution in [2.24, 2.45) is 0 Å². The van der Waals surface area contributed by atoms with Gasteiger partial charge in [0.15, 0.2) is 0 Å². The van der Waals surface area contributed by atoms with Crippen LogP contribution in [0.5, 0.6) is 0 Å². The van der Waals surface area contributed by atoms with Gasteiger partial charge in [0.2, 0.25) is 0 Å². The molecule has 0 aliphatic carbocycles. The average Bonchev–Trinajstić information content (AvgIpc) is 3.45. The first kappa shape index (κ1) is 17.9. The van der Waals surface area contributed by atoms with Gasteiger partial charge in [-0.25, -0.2) is 9.78 Å². The van der Waals surface area contributed by atoms with Gasteiger partial charge < -0.3 is 19.6 Å². The summed E-state index contributed by atoms with van der Waals surface area (Å²) < 4.78 is 5.49. The minimum absolute atomic E-state index is 0.526. The topological polar surface area (TPSA) is 107 Å². The summed E-state index contributed by atoms with van der Waals surface area (Å²) in [6.07, 6.45) is 4.92. The van der Waals surface area contributed by atoms with E-state index in [0.717, 1.165) is 47.6 Å². The lowest BCUT2D eigenvalue weighted by molar-refractivity contribution is -0.138. The first-order valence-electron chi connectivity index (χ1n) is 9.84. The zero-order chi connectivity index (χ0) is 19.8. The maximum Gasteiger partial charge on any atom is 0.326 e. The fourth-order valence-electron chi connectivity index (χ4n) is 4.21. The number of hydrogen-bond donors (Lipinski definition) is 2. The Bertz CT molecular complexity index is 1030. The molecule has 5 heterocycles. The molecule has 0 aromatic carbocycles. The molecule has 3 aromatic heterocycles. The summed E-state index contributed by atoms with van der Waals surface area (Å²) in [5, 5.41) is 17.6. The molecule has 2 aliphatic rings. The van der Waals surface area contributed by atoms with E-state index in [9.17, 15) is 9.90 Å². The minimum atomic E-state index is -0.789. The van der Waals surface area contributed by atoms with Crippen molar-refractivity contribution >= 4 is 28.4 Å². The van der Waals surface area contributed by atoms with Gasteiger partial charge in [-0.05, 0) is 25.0 Å². The molecule has 0 radical (unpaired) electrons. The predicted molar refractivity (Wildman–Crippen MR) is 108 cm³/mol. The Kier molecular flexibility index (Phi) is 4.51. The van der Waals surface area contributed by atoms with Gasteiger partial charge >= 0.3 is 5.97 Å². The molecular formula is C20H22N6O3. The molecule has 1 atom stereocenters. The van der Waals surface area contributed by atoms with Gasteiger partial charge in [0.1, 0.15) is 23.1 Å². The maximum atomic E-state index is 11.9. The maximum absolute atomic E-state index is 11.9. The highest BCUT2D eigenvalue weighted by molar-refractivity contribution is 6.01. The molecule has 150 valence electrons. The van der Waals surface area contributed by atoms with Crippen LogP contribution in [-0.4, -0.2) is 70.1 Å².